The second-order valence-corrected chi connectivity index (χ2v) is 10.5. The molecule has 242 valence electrons. The summed E-state index contributed by atoms with van der Waals surface area (Å²) in [5.41, 5.74) is 4.94. The van der Waals surface area contributed by atoms with Crippen LogP contribution in [0.3, 0.4) is 0 Å². The third-order valence-corrected chi connectivity index (χ3v) is 7.53. The lowest BCUT2D eigenvalue weighted by Crippen LogP contribution is -2.19. The van der Waals surface area contributed by atoms with Gasteiger partial charge >= 0.3 is 0 Å². The van der Waals surface area contributed by atoms with E-state index in [1.54, 1.807) is 48.8 Å². The average molecular weight is 649 g/mol. The largest absolute Gasteiger partial charge is 0.496 e. The molecule has 2 amide bonds. The van der Waals surface area contributed by atoms with Crippen molar-refractivity contribution in [2.75, 3.05) is 51.2 Å². The predicted octanol–water partition coefficient (Wildman–Crippen LogP) is 3.79. The maximum atomic E-state index is 13.2. The predicted molar refractivity (Wildman–Crippen MR) is 177 cm³/mol. The molecule has 0 bridgehead atoms. The van der Waals surface area contributed by atoms with Crippen LogP contribution in [0.25, 0.3) is 11.1 Å². The van der Waals surface area contributed by atoms with Gasteiger partial charge in [0.15, 0.2) is 0 Å². The van der Waals surface area contributed by atoms with Crippen LogP contribution in [0.1, 0.15) is 37.7 Å². The van der Waals surface area contributed by atoms with E-state index >= 15 is 0 Å². The second-order valence-electron chi connectivity index (χ2n) is 10.1. The number of methoxy groups -OCH3 is 2. The van der Waals surface area contributed by atoms with Gasteiger partial charge in [-0.3, -0.25) is 19.6 Å². The van der Waals surface area contributed by atoms with E-state index in [4.69, 9.17) is 31.3 Å². The molecule has 46 heavy (non-hydrogen) atoms. The number of benzene rings is 2. The Morgan fingerprint density at radius 2 is 1.24 bits per heavy atom. The number of pyridine rings is 2. The molecule has 13 heteroatoms. The van der Waals surface area contributed by atoms with Gasteiger partial charge in [0.25, 0.3) is 11.8 Å². The van der Waals surface area contributed by atoms with Gasteiger partial charge in [-0.1, -0.05) is 35.9 Å². The molecule has 0 saturated carbocycles. The summed E-state index contributed by atoms with van der Waals surface area (Å²) >= 11 is 6.83. The molecule has 2 heterocycles. The minimum absolute atomic E-state index is 0.00203. The zero-order chi connectivity index (χ0) is 33.1. The van der Waals surface area contributed by atoms with Gasteiger partial charge in [-0.2, -0.15) is 0 Å². The first-order valence-electron chi connectivity index (χ1n) is 14.5. The van der Waals surface area contributed by atoms with Crippen LogP contribution in [0.4, 0.5) is 11.4 Å². The topological polar surface area (TPSA) is 167 Å². The fourth-order valence-corrected chi connectivity index (χ4v) is 4.98. The molecule has 0 spiro atoms. The number of carbonyl (C=O) groups is 2. The highest BCUT2D eigenvalue weighted by atomic mass is 35.5. The molecule has 0 saturated heterocycles. The molecule has 0 unspecified atom stereocenters. The van der Waals surface area contributed by atoms with Crippen LogP contribution < -0.4 is 30.7 Å². The first-order chi connectivity index (χ1) is 22.3. The number of amides is 2. The quantitative estimate of drug-likeness (QED) is 0.104. The third kappa shape index (κ3) is 8.36. The van der Waals surface area contributed by atoms with Crippen molar-refractivity contribution < 1.29 is 29.3 Å². The fourth-order valence-electron chi connectivity index (χ4n) is 4.70. The van der Waals surface area contributed by atoms with Crippen LogP contribution in [0.15, 0.2) is 60.9 Å². The Hall–Kier alpha value is -4.59. The summed E-state index contributed by atoms with van der Waals surface area (Å²) in [4.78, 5) is 34.9. The second kappa shape index (κ2) is 16.6. The minimum atomic E-state index is -0.469. The van der Waals surface area contributed by atoms with Crippen molar-refractivity contribution in [1.29, 1.82) is 0 Å². The SMILES string of the molecule is COc1cc(C(=O)Nc2cccc(-c3cccc(NC(=O)c4cc(OC)c(CNCCO)cn4)c3Cl)c2C)ncc1CNCCO. The summed E-state index contributed by atoms with van der Waals surface area (Å²) in [7, 11) is 3.03. The van der Waals surface area contributed by atoms with Gasteiger partial charge < -0.3 is 41.0 Å². The van der Waals surface area contributed by atoms with Gasteiger partial charge in [-0.25, -0.2) is 0 Å². The van der Waals surface area contributed by atoms with Crippen LogP contribution in [0.2, 0.25) is 5.02 Å². The molecule has 0 aliphatic rings. The van der Waals surface area contributed by atoms with Crippen LogP contribution >= 0.6 is 11.6 Å². The van der Waals surface area contributed by atoms with Crippen molar-refractivity contribution in [1.82, 2.24) is 20.6 Å². The number of nitrogens with one attached hydrogen (secondary N) is 4. The molecule has 0 atom stereocenters. The molecule has 12 nitrogen and oxygen atoms in total. The van der Waals surface area contributed by atoms with E-state index in [0.717, 1.165) is 22.3 Å². The summed E-state index contributed by atoms with van der Waals surface area (Å²) in [6, 6.07) is 13.9. The molecule has 0 radical (unpaired) electrons. The van der Waals surface area contributed by atoms with Crippen LogP contribution in [-0.2, 0) is 13.1 Å². The van der Waals surface area contributed by atoms with Crippen molar-refractivity contribution >= 4 is 34.8 Å². The van der Waals surface area contributed by atoms with Crippen LogP contribution in [0, 0.1) is 6.92 Å². The Kier molecular flexibility index (Phi) is 12.4. The van der Waals surface area contributed by atoms with Crippen LogP contribution in [0.5, 0.6) is 11.5 Å². The highest BCUT2D eigenvalue weighted by Crippen LogP contribution is 2.37. The Bertz CT molecular complexity index is 1560. The lowest BCUT2D eigenvalue weighted by Gasteiger charge is -2.16. The van der Waals surface area contributed by atoms with E-state index in [-0.39, 0.29) is 24.6 Å². The highest BCUT2D eigenvalue weighted by Gasteiger charge is 2.18. The molecule has 6 N–H and O–H groups in total. The van der Waals surface area contributed by atoms with Crippen molar-refractivity contribution in [2.45, 2.75) is 20.0 Å². The van der Waals surface area contributed by atoms with E-state index in [2.05, 4.69) is 31.2 Å². The summed E-state index contributed by atoms with van der Waals surface area (Å²) in [6.45, 7) is 3.57. The van der Waals surface area contributed by atoms with Crippen molar-refractivity contribution in [3.05, 3.63) is 94.0 Å². The Labute approximate surface area is 272 Å². The Morgan fingerprint density at radius 1 is 0.761 bits per heavy atom. The lowest BCUT2D eigenvalue weighted by atomic mass is 9.98. The fraction of sp³-hybridized carbons (Fsp3) is 0.273. The van der Waals surface area contributed by atoms with Gasteiger partial charge in [-0.05, 0) is 30.2 Å². The van der Waals surface area contributed by atoms with E-state index in [1.165, 1.54) is 14.2 Å². The molecule has 4 aromatic rings. The number of hydrogen-bond donors (Lipinski definition) is 6. The molecule has 0 fully saturated rings. The number of nitrogens with zero attached hydrogens (tertiary/aromatic N) is 2. The highest BCUT2D eigenvalue weighted by molar-refractivity contribution is 6.36. The molecular formula is C33H37ClN6O6. The lowest BCUT2D eigenvalue weighted by molar-refractivity contribution is 0.101. The molecule has 4 rings (SSSR count). The summed E-state index contributed by atoms with van der Waals surface area (Å²) < 4.78 is 10.9. The number of hydrogen-bond acceptors (Lipinski definition) is 10. The number of anilines is 2. The van der Waals surface area contributed by atoms with Gasteiger partial charge in [0.2, 0.25) is 0 Å². The Morgan fingerprint density at radius 3 is 1.74 bits per heavy atom. The zero-order valence-corrected chi connectivity index (χ0v) is 26.6. The van der Waals surface area contributed by atoms with Gasteiger partial charge in [-0.15, -0.1) is 0 Å². The molecular weight excluding hydrogens is 612 g/mol. The third-order valence-electron chi connectivity index (χ3n) is 7.12. The number of aliphatic hydroxyl groups excluding tert-OH is 2. The molecule has 2 aromatic carbocycles. The van der Waals surface area contributed by atoms with E-state index in [1.807, 2.05) is 19.1 Å². The van der Waals surface area contributed by atoms with Gasteiger partial charge in [0.05, 0.1) is 38.1 Å². The first-order valence-corrected chi connectivity index (χ1v) is 14.9. The van der Waals surface area contributed by atoms with Crippen molar-refractivity contribution in [2.24, 2.45) is 0 Å². The number of halogens is 1. The van der Waals surface area contributed by atoms with E-state index < -0.39 is 11.8 Å². The number of carbonyl (C=O) groups excluding carboxylic acids is 2. The van der Waals surface area contributed by atoms with E-state index in [9.17, 15) is 9.59 Å². The smallest absolute Gasteiger partial charge is 0.274 e. The standard InChI is InChI=1S/C33H37ClN6O6/c1-20-23(6-4-8-25(20)39-32(43)27-14-29(45-2)21(18-37-27)16-35-10-12-41)24-7-5-9-26(31(24)34)40-33(44)28-15-30(46-3)22(19-38-28)17-36-11-13-42/h4-9,14-15,18-19,35-36,41-42H,10-13,16-17H2,1-3H3,(H,39,43)(H,40,44). The normalized spacial score (nSPS) is 10.8. The number of aliphatic hydroxyl groups is 2. The van der Waals surface area contributed by atoms with Crippen molar-refractivity contribution in [3.8, 4) is 22.6 Å². The average Bonchev–Trinajstić information content (AvgIpc) is 3.07. The van der Waals surface area contributed by atoms with Crippen molar-refractivity contribution in [3.63, 3.8) is 0 Å². The minimum Gasteiger partial charge on any atom is -0.496 e. The number of aromatic nitrogens is 2. The summed E-state index contributed by atoms with van der Waals surface area (Å²) in [5, 5.41) is 30.2. The summed E-state index contributed by atoms with van der Waals surface area (Å²) in [6.07, 6.45) is 3.12. The molecule has 0 aliphatic heterocycles. The molecule has 2 aromatic heterocycles. The number of ether oxygens (including phenoxy) is 2. The maximum Gasteiger partial charge on any atom is 0.274 e. The van der Waals surface area contributed by atoms with E-state index in [0.29, 0.717) is 59.6 Å². The monoisotopic (exact) mass is 648 g/mol. The maximum absolute atomic E-state index is 13.2. The van der Waals surface area contributed by atoms with Gasteiger partial charge in [0, 0.05) is 73.1 Å². The molecule has 0 aliphatic carbocycles. The van der Waals surface area contributed by atoms with Gasteiger partial charge in [0.1, 0.15) is 22.9 Å². The zero-order valence-electron chi connectivity index (χ0n) is 25.8. The Balaban J connectivity index is 1.53. The summed E-state index contributed by atoms with van der Waals surface area (Å²) in [5.74, 6) is 0.0997. The number of rotatable bonds is 15. The first kappa shape index (κ1) is 34.3. The van der Waals surface area contributed by atoms with Crippen LogP contribution in [-0.4, -0.2) is 72.5 Å².